The van der Waals surface area contributed by atoms with Gasteiger partial charge in [0.05, 0.1) is 19.4 Å². The Morgan fingerprint density at radius 1 is 1.45 bits per heavy atom. The maximum absolute atomic E-state index is 8.93. The van der Waals surface area contributed by atoms with Gasteiger partial charge in [-0.2, -0.15) is 10.3 Å². The molecule has 2 rings (SSSR count). The molecule has 6 heteroatoms. The van der Waals surface area contributed by atoms with Gasteiger partial charge >= 0.3 is 0 Å². The van der Waals surface area contributed by atoms with Crippen molar-refractivity contribution in [3.8, 4) is 6.19 Å². The highest BCUT2D eigenvalue weighted by atomic mass is 35.5. The maximum atomic E-state index is 8.93. The zero-order valence-electron chi connectivity index (χ0n) is 12.1. The minimum atomic E-state index is 0.448. The summed E-state index contributed by atoms with van der Waals surface area (Å²) in [6.45, 7) is 3.04. The number of halogens is 1. The predicted octanol–water partition coefficient (Wildman–Crippen LogP) is 2.97. The molecule has 0 aromatic carbocycles. The minimum Gasteiger partial charge on any atom is -0.501 e. The monoisotopic (exact) mass is 314 g/mol. The van der Waals surface area contributed by atoms with Crippen LogP contribution in [-0.2, 0) is 11.3 Å². The Labute approximate surface area is 133 Å². The lowest BCUT2D eigenvalue weighted by atomic mass is 10.2. The van der Waals surface area contributed by atoms with Crippen molar-refractivity contribution in [2.24, 2.45) is 4.99 Å². The first kappa shape index (κ1) is 15.8. The van der Waals surface area contributed by atoms with Crippen LogP contribution < -0.4 is 5.49 Å². The fourth-order valence-electron chi connectivity index (χ4n) is 1.91. The lowest BCUT2D eigenvalue weighted by Crippen LogP contribution is -2.23. The van der Waals surface area contributed by atoms with E-state index in [-0.39, 0.29) is 0 Å². The highest BCUT2D eigenvalue weighted by Crippen LogP contribution is 2.06. The molecule has 0 aliphatic carbocycles. The van der Waals surface area contributed by atoms with Gasteiger partial charge < -0.3 is 9.30 Å². The molecule has 0 radical (unpaired) electrons. The van der Waals surface area contributed by atoms with E-state index in [0.29, 0.717) is 23.8 Å². The Bertz CT molecular complexity index is 757. The van der Waals surface area contributed by atoms with E-state index < -0.39 is 0 Å². The molecule has 22 heavy (non-hydrogen) atoms. The SMILES string of the molecule is CCO/C=C/c1cccn(Cc2ccc(Cl)nc2)/c1=N/C#N. The van der Waals surface area contributed by atoms with E-state index >= 15 is 0 Å². The molecule has 112 valence electrons. The lowest BCUT2D eigenvalue weighted by molar-refractivity contribution is 0.272. The average molecular weight is 315 g/mol. The summed E-state index contributed by atoms with van der Waals surface area (Å²) in [5.41, 5.74) is 2.34. The van der Waals surface area contributed by atoms with E-state index in [4.69, 9.17) is 21.6 Å². The van der Waals surface area contributed by atoms with E-state index in [0.717, 1.165) is 11.1 Å². The number of nitriles is 1. The van der Waals surface area contributed by atoms with E-state index in [1.807, 2.05) is 42.1 Å². The average Bonchev–Trinajstić information content (AvgIpc) is 2.53. The van der Waals surface area contributed by atoms with Crippen LogP contribution in [-0.4, -0.2) is 16.2 Å². The summed E-state index contributed by atoms with van der Waals surface area (Å²) in [4.78, 5) is 7.97. The van der Waals surface area contributed by atoms with E-state index in [1.165, 1.54) is 0 Å². The standard InChI is InChI=1S/C16H15ClN4O/c1-2-22-9-7-14-4-3-8-21(16(14)20-12-18)11-13-5-6-15(17)19-10-13/h3-10H,2,11H2,1H3/b9-7+,20-16+. The molecule has 0 bridgehead atoms. The number of ether oxygens (including phenoxy) is 1. The lowest BCUT2D eigenvalue weighted by Gasteiger charge is -2.08. The van der Waals surface area contributed by atoms with Gasteiger partial charge in [0.2, 0.25) is 6.19 Å². The zero-order chi connectivity index (χ0) is 15.8. The summed E-state index contributed by atoms with van der Waals surface area (Å²) >= 11 is 5.79. The van der Waals surface area contributed by atoms with Crippen molar-refractivity contribution in [3.05, 3.63) is 64.7 Å². The van der Waals surface area contributed by atoms with Crippen molar-refractivity contribution in [3.63, 3.8) is 0 Å². The van der Waals surface area contributed by atoms with E-state index in [9.17, 15) is 0 Å². The normalized spacial score (nSPS) is 11.6. The first-order chi connectivity index (χ1) is 10.7. The van der Waals surface area contributed by atoms with Crippen LogP contribution >= 0.6 is 11.6 Å². The van der Waals surface area contributed by atoms with Crippen molar-refractivity contribution >= 4 is 17.7 Å². The summed E-state index contributed by atoms with van der Waals surface area (Å²) in [6, 6.07) is 7.40. The van der Waals surface area contributed by atoms with Crippen LogP contribution in [0.2, 0.25) is 5.15 Å². The van der Waals surface area contributed by atoms with Crippen LogP contribution in [0.1, 0.15) is 18.1 Å². The summed E-state index contributed by atoms with van der Waals surface area (Å²) in [5, 5.41) is 9.38. The number of pyridine rings is 2. The molecule has 5 nitrogen and oxygen atoms in total. The third kappa shape index (κ3) is 4.21. The van der Waals surface area contributed by atoms with Crippen molar-refractivity contribution in [1.29, 1.82) is 5.26 Å². The molecular formula is C16H15ClN4O. The maximum Gasteiger partial charge on any atom is 0.207 e. The molecule has 0 N–H and O–H groups in total. The van der Waals surface area contributed by atoms with Gasteiger partial charge in [0.25, 0.3) is 0 Å². The van der Waals surface area contributed by atoms with Gasteiger partial charge in [-0.05, 0) is 36.8 Å². The fourth-order valence-corrected chi connectivity index (χ4v) is 2.02. The smallest absolute Gasteiger partial charge is 0.207 e. The molecule has 0 fully saturated rings. The molecule has 0 atom stereocenters. The minimum absolute atomic E-state index is 0.448. The first-order valence-electron chi connectivity index (χ1n) is 6.75. The molecule has 0 aliphatic rings. The quantitative estimate of drug-likeness (QED) is 0.484. The number of aromatic nitrogens is 2. The molecule has 2 aromatic heterocycles. The van der Waals surface area contributed by atoms with Crippen LogP contribution in [0.15, 0.2) is 47.9 Å². The van der Waals surface area contributed by atoms with Gasteiger partial charge in [0.15, 0.2) is 5.49 Å². The number of nitrogens with zero attached hydrogens (tertiary/aromatic N) is 4. The topological polar surface area (TPSA) is 63.2 Å². The fraction of sp³-hybridized carbons (Fsp3) is 0.188. The molecule has 0 saturated carbocycles. The molecular weight excluding hydrogens is 300 g/mol. The summed E-state index contributed by atoms with van der Waals surface area (Å²) in [5.74, 6) is 0. The van der Waals surface area contributed by atoms with Crippen LogP contribution in [0.3, 0.4) is 0 Å². The Kier molecular flexibility index (Phi) is 5.75. The molecule has 0 unspecified atom stereocenters. The molecule has 0 saturated heterocycles. The van der Waals surface area contributed by atoms with Crippen LogP contribution in [0.5, 0.6) is 0 Å². The number of rotatable bonds is 5. The highest BCUT2D eigenvalue weighted by molar-refractivity contribution is 6.29. The van der Waals surface area contributed by atoms with Crippen LogP contribution in [0.4, 0.5) is 0 Å². The van der Waals surface area contributed by atoms with Crippen molar-refractivity contribution in [1.82, 2.24) is 9.55 Å². The van der Waals surface area contributed by atoms with Crippen molar-refractivity contribution in [2.45, 2.75) is 13.5 Å². The summed E-state index contributed by atoms with van der Waals surface area (Å²) < 4.78 is 7.08. The predicted molar refractivity (Wildman–Crippen MR) is 84.6 cm³/mol. The third-order valence-electron chi connectivity index (χ3n) is 2.88. The van der Waals surface area contributed by atoms with Gasteiger partial charge in [0, 0.05) is 18.0 Å². The molecule has 2 aromatic rings. The summed E-state index contributed by atoms with van der Waals surface area (Å²) in [6.07, 6.45) is 8.79. The van der Waals surface area contributed by atoms with Gasteiger partial charge in [-0.3, -0.25) is 0 Å². The van der Waals surface area contributed by atoms with Crippen LogP contribution in [0.25, 0.3) is 6.08 Å². The first-order valence-corrected chi connectivity index (χ1v) is 7.13. The van der Waals surface area contributed by atoms with Crippen molar-refractivity contribution in [2.75, 3.05) is 6.61 Å². The van der Waals surface area contributed by atoms with Gasteiger partial charge in [-0.15, -0.1) is 0 Å². The van der Waals surface area contributed by atoms with E-state index in [1.54, 1.807) is 24.6 Å². The molecule has 0 spiro atoms. The highest BCUT2D eigenvalue weighted by Gasteiger charge is 2.01. The second-order valence-electron chi connectivity index (χ2n) is 4.37. The second-order valence-corrected chi connectivity index (χ2v) is 4.76. The Balaban J connectivity index is 2.39. The van der Waals surface area contributed by atoms with Gasteiger partial charge in [0.1, 0.15) is 5.15 Å². The van der Waals surface area contributed by atoms with Crippen LogP contribution in [0, 0.1) is 11.5 Å². The van der Waals surface area contributed by atoms with Gasteiger partial charge in [-0.25, -0.2) is 4.98 Å². The number of hydrogen-bond acceptors (Lipinski definition) is 4. The Morgan fingerprint density at radius 2 is 2.32 bits per heavy atom. The second kappa shape index (κ2) is 8.01. The van der Waals surface area contributed by atoms with E-state index in [2.05, 4.69) is 9.98 Å². The molecule has 0 aliphatic heterocycles. The number of hydrogen-bond donors (Lipinski definition) is 0. The summed E-state index contributed by atoms with van der Waals surface area (Å²) in [7, 11) is 0. The largest absolute Gasteiger partial charge is 0.501 e. The Morgan fingerprint density at radius 3 is 3.00 bits per heavy atom. The molecule has 2 heterocycles. The zero-order valence-corrected chi connectivity index (χ0v) is 12.9. The Hall–Kier alpha value is -2.58. The molecule has 0 amide bonds. The third-order valence-corrected chi connectivity index (χ3v) is 3.10. The van der Waals surface area contributed by atoms with Crippen molar-refractivity contribution < 1.29 is 4.74 Å². The van der Waals surface area contributed by atoms with Gasteiger partial charge in [-0.1, -0.05) is 17.7 Å².